The minimum absolute atomic E-state index is 0.0151. The van der Waals surface area contributed by atoms with Gasteiger partial charge in [-0.2, -0.15) is 0 Å². The molecule has 3 amide bonds. The minimum atomic E-state index is -0.977. The predicted octanol–water partition coefficient (Wildman–Crippen LogP) is 3.83. The molecule has 0 aromatic heterocycles. The molecule has 264 valence electrons. The number of benzene rings is 3. The summed E-state index contributed by atoms with van der Waals surface area (Å²) in [5, 5.41) is 15.9. The van der Waals surface area contributed by atoms with E-state index in [0.717, 1.165) is 40.6 Å². The lowest BCUT2D eigenvalue weighted by atomic mass is 9.70. The molecule has 2 N–H and O–H groups in total. The Morgan fingerprint density at radius 2 is 1.66 bits per heavy atom. The zero-order chi connectivity index (χ0) is 35.4. The number of likely N-dealkylation sites (tertiary alicyclic amines) is 1. The van der Waals surface area contributed by atoms with Crippen molar-refractivity contribution in [3.8, 4) is 5.75 Å². The molecule has 6 atom stereocenters. The van der Waals surface area contributed by atoms with Gasteiger partial charge in [0.15, 0.2) is 5.78 Å². The molecule has 2 saturated heterocycles. The van der Waals surface area contributed by atoms with Gasteiger partial charge >= 0.3 is 0 Å². The van der Waals surface area contributed by atoms with Gasteiger partial charge in [-0.15, -0.1) is 0 Å². The number of fused-ring (bicyclic) bond motifs is 3. The third kappa shape index (κ3) is 5.71. The fourth-order valence-electron chi connectivity index (χ4n) is 9.20. The number of piperazine rings is 1. The summed E-state index contributed by atoms with van der Waals surface area (Å²) in [5.74, 6) is -1.26. The maximum absolute atomic E-state index is 14.3. The third-order valence-corrected chi connectivity index (χ3v) is 12.5. The van der Waals surface area contributed by atoms with Gasteiger partial charge in [-0.25, -0.2) is 0 Å². The van der Waals surface area contributed by atoms with E-state index in [1.54, 1.807) is 12.0 Å². The number of anilines is 1. The van der Waals surface area contributed by atoms with E-state index in [1.807, 2.05) is 73.7 Å². The highest BCUT2D eigenvalue weighted by atomic mass is 16.5. The lowest BCUT2D eigenvalue weighted by molar-refractivity contribution is -0.148. The molecule has 6 unspecified atom stereocenters. The van der Waals surface area contributed by atoms with Crippen molar-refractivity contribution < 1.29 is 29.0 Å². The summed E-state index contributed by atoms with van der Waals surface area (Å²) >= 11 is 0. The second-order valence-electron chi connectivity index (χ2n) is 15.4. The van der Waals surface area contributed by atoms with Crippen molar-refractivity contribution in [3.63, 3.8) is 0 Å². The topological polar surface area (TPSA) is 119 Å². The number of carbonyl (C=O) groups excluding carboxylic acids is 4. The van der Waals surface area contributed by atoms with Crippen LogP contribution >= 0.6 is 0 Å². The molecule has 2 aliphatic heterocycles. The number of nitrogens with zero attached hydrogens (tertiary/aromatic N) is 3. The molecule has 0 spiro atoms. The van der Waals surface area contributed by atoms with Crippen molar-refractivity contribution in [2.75, 3.05) is 44.7 Å². The summed E-state index contributed by atoms with van der Waals surface area (Å²) in [6.07, 6.45) is 0.959. The van der Waals surface area contributed by atoms with Crippen molar-refractivity contribution in [1.82, 2.24) is 15.1 Å². The maximum atomic E-state index is 14.3. The highest BCUT2D eigenvalue weighted by molar-refractivity contribution is 6.08. The van der Waals surface area contributed by atoms with Crippen LogP contribution in [0.3, 0.4) is 0 Å². The number of ketones is 1. The average Bonchev–Trinajstić information content (AvgIpc) is 3.68. The quantitative estimate of drug-likeness (QED) is 0.348. The molecule has 2 saturated carbocycles. The van der Waals surface area contributed by atoms with Crippen molar-refractivity contribution in [3.05, 3.63) is 72.3 Å². The Labute approximate surface area is 293 Å². The summed E-state index contributed by atoms with van der Waals surface area (Å²) in [4.78, 5) is 61.7. The second kappa shape index (κ2) is 13.0. The molecular weight excluding hydrogens is 632 g/mol. The van der Waals surface area contributed by atoms with Crippen molar-refractivity contribution >= 4 is 40.0 Å². The molecule has 3 aromatic carbocycles. The van der Waals surface area contributed by atoms with Gasteiger partial charge in [-0.3, -0.25) is 19.2 Å². The molecule has 10 nitrogen and oxygen atoms in total. The zero-order valence-electron chi connectivity index (χ0n) is 29.4. The fourth-order valence-corrected chi connectivity index (χ4v) is 9.20. The van der Waals surface area contributed by atoms with Gasteiger partial charge in [0, 0.05) is 51.0 Å². The number of nitrogens with one attached hydrogen (secondary N) is 1. The number of methoxy groups -OCH3 is 1. The molecule has 2 aliphatic carbocycles. The Balaban J connectivity index is 1.11. The van der Waals surface area contributed by atoms with Crippen molar-refractivity contribution in [2.45, 2.75) is 64.6 Å². The van der Waals surface area contributed by atoms with Gasteiger partial charge in [0.25, 0.3) is 0 Å². The number of para-hydroxylation sites is 2. The largest absolute Gasteiger partial charge is 0.495 e. The molecule has 4 aliphatic rings. The van der Waals surface area contributed by atoms with E-state index in [4.69, 9.17) is 4.74 Å². The SMILES string of the molecule is COc1ccccc1N1CCN(C(=O)C(Cc2ccc3ccccc3c2)NC(=O)C2CC(O)CN2C(=O)C2C(=O)C3(C)CCC2C3(C)C)CC1. The smallest absolute Gasteiger partial charge is 0.245 e. The number of amides is 3. The number of rotatable bonds is 8. The van der Waals surface area contributed by atoms with Gasteiger partial charge in [-0.1, -0.05) is 75.4 Å². The van der Waals surface area contributed by atoms with Gasteiger partial charge in [0.2, 0.25) is 17.7 Å². The standard InChI is InChI=1S/C40H48N4O6/c1-39(2)29-15-16-40(39,3)35(46)34(29)38(49)44-24-28(45)23-32(44)36(47)41-30(22-25-13-14-26-9-5-6-10-27(26)21-25)37(48)43-19-17-42(18-20-43)31-11-7-8-12-33(31)50-4/h5-14,21,28-30,32,34,45H,15-20,22-24H2,1-4H3,(H,41,47). The van der Waals surface area contributed by atoms with E-state index < -0.39 is 35.4 Å². The van der Waals surface area contributed by atoms with Crippen LogP contribution in [0, 0.1) is 22.7 Å². The first kappa shape index (κ1) is 34.0. The number of aliphatic hydroxyl groups excluding tert-OH is 1. The Kier molecular flexibility index (Phi) is 8.87. The molecule has 10 heteroatoms. The molecule has 7 rings (SSSR count). The van der Waals surface area contributed by atoms with Crippen LogP contribution in [0.4, 0.5) is 5.69 Å². The second-order valence-corrected chi connectivity index (χ2v) is 15.4. The first-order valence-corrected chi connectivity index (χ1v) is 17.9. The molecule has 50 heavy (non-hydrogen) atoms. The van der Waals surface area contributed by atoms with Gasteiger partial charge < -0.3 is 29.9 Å². The van der Waals surface area contributed by atoms with E-state index in [2.05, 4.69) is 24.1 Å². The van der Waals surface area contributed by atoms with E-state index in [1.165, 1.54) is 4.90 Å². The average molecular weight is 681 g/mol. The van der Waals surface area contributed by atoms with Crippen LogP contribution in [-0.4, -0.2) is 96.4 Å². The summed E-state index contributed by atoms with van der Waals surface area (Å²) in [5.41, 5.74) is 0.964. The summed E-state index contributed by atoms with van der Waals surface area (Å²) in [6.45, 7) is 8.22. The number of ether oxygens (including phenoxy) is 1. The predicted molar refractivity (Wildman–Crippen MR) is 191 cm³/mol. The van der Waals surface area contributed by atoms with E-state index in [-0.39, 0.29) is 48.3 Å². The molecule has 2 heterocycles. The lowest BCUT2D eigenvalue weighted by Crippen LogP contribution is -2.58. The van der Waals surface area contributed by atoms with Crippen LogP contribution in [0.1, 0.15) is 45.6 Å². The Morgan fingerprint density at radius 3 is 2.36 bits per heavy atom. The first-order valence-electron chi connectivity index (χ1n) is 17.9. The summed E-state index contributed by atoms with van der Waals surface area (Å²) in [6, 6.07) is 20.0. The maximum Gasteiger partial charge on any atom is 0.245 e. The highest BCUT2D eigenvalue weighted by Crippen LogP contribution is 2.66. The summed E-state index contributed by atoms with van der Waals surface area (Å²) < 4.78 is 5.57. The fraction of sp³-hybridized carbons (Fsp3) is 0.500. The van der Waals surface area contributed by atoms with Crippen LogP contribution in [0.2, 0.25) is 0 Å². The van der Waals surface area contributed by atoms with Gasteiger partial charge in [0.05, 0.1) is 18.9 Å². The van der Waals surface area contributed by atoms with E-state index >= 15 is 0 Å². The Bertz CT molecular complexity index is 1820. The molecule has 2 bridgehead atoms. The van der Waals surface area contributed by atoms with Crippen LogP contribution in [-0.2, 0) is 25.6 Å². The van der Waals surface area contributed by atoms with Crippen LogP contribution in [0.15, 0.2) is 66.7 Å². The monoisotopic (exact) mass is 680 g/mol. The number of hydrogen-bond donors (Lipinski definition) is 2. The molecular formula is C40H48N4O6. The lowest BCUT2D eigenvalue weighted by Gasteiger charge is -2.38. The van der Waals surface area contributed by atoms with Crippen molar-refractivity contribution in [2.24, 2.45) is 22.7 Å². The number of hydrogen-bond acceptors (Lipinski definition) is 7. The van der Waals surface area contributed by atoms with Crippen LogP contribution in [0.25, 0.3) is 10.8 Å². The highest BCUT2D eigenvalue weighted by Gasteiger charge is 2.68. The van der Waals surface area contributed by atoms with Gasteiger partial charge in [-0.05, 0) is 52.6 Å². The number of carbonyl (C=O) groups is 4. The Hall–Kier alpha value is -4.44. The minimum Gasteiger partial charge on any atom is -0.495 e. The molecule has 4 fully saturated rings. The zero-order valence-corrected chi connectivity index (χ0v) is 29.4. The van der Waals surface area contributed by atoms with Crippen LogP contribution < -0.4 is 15.0 Å². The number of aliphatic hydroxyl groups is 1. The molecule has 3 aromatic rings. The van der Waals surface area contributed by atoms with Crippen LogP contribution in [0.5, 0.6) is 5.75 Å². The number of Topliss-reactive ketones (excluding diaryl/α,β-unsaturated/α-hetero) is 1. The molecule has 0 radical (unpaired) electrons. The van der Waals surface area contributed by atoms with Gasteiger partial charge in [0.1, 0.15) is 23.8 Å². The van der Waals surface area contributed by atoms with Crippen molar-refractivity contribution in [1.29, 1.82) is 0 Å². The van der Waals surface area contributed by atoms with E-state index in [0.29, 0.717) is 26.2 Å². The Morgan fingerprint density at radius 1 is 0.960 bits per heavy atom. The van der Waals surface area contributed by atoms with E-state index in [9.17, 15) is 24.3 Å². The number of β-amino-alcohol motifs (C(OH)–C–C–N with tert-alkyl or cyclic N) is 1. The first-order chi connectivity index (χ1) is 23.9. The summed E-state index contributed by atoms with van der Waals surface area (Å²) in [7, 11) is 1.65. The normalized spacial score (nSPS) is 27.9. The third-order valence-electron chi connectivity index (χ3n) is 12.5.